The number of anilines is 1. The molecule has 0 saturated carbocycles. The third kappa shape index (κ3) is 3.88. The molecule has 0 spiro atoms. The number of halogens is 1. The molecule has 0 saturated heterocycles. The van der Waals surface area contributed by atoms with E-state index in [0.717, 1.165) is 15.6 Å². The van der Waals surface area contributed by atoms with E-state index in [9.17, 15) is 9.59 Å². The van der Waals surface area contributed by atoms with Gasteiger partial charge in [-0.15, -0.1) is 0 Å². The van der Waals surface area contributed by atoms with Crippen molar-refractivity contribution in [1.29, 1.82) is 0 Å². The molecule has 0 unspecified atom stereocenters. The Morgan fingerprint density at radius 1 is 0.828 bits per heavy atom. The van der Waals surface area contributed by atoms with Crippen molar-refractivity contribution in [1.82, 2.24) is 10.2 Å². The van der Waals surface area contributed by atoms with E-state index in [0.29, 0.717) is 16.9 Å². The molecule has 1 aromatic heterocycles. The van der Waals surface area contributed by atoms with Gasteiger partial charge in [-0.3, -0.25) is 9.59 Å². The van der Waals surface area contributed by atoms with E-state index >= 15 is 0 Å². The second-order valence-corrected chi connectivity index (χ2v) is 7.17. The van der Waals surface area contributed by atoms with Crippen molar-refractivity contribution in [3.63, 3.8) is 0 Å². The average Bonchev–Trinajstić information content (AvgIpc) is 2.76. The highest BCUT2D eigenvalue weighted by Crippen LogP contribution is 2.32. The number of hydrogen-bond acceptors (Lipinski definition) is 3. The minimum absolute atomic E-state index is 0.0146. The molecule has 0 aliphatic rings. The van der Waals surface area contributed by atoms with Crippen molar-refractivity contribution in [2.24, 2.45) is 0 Å². The minimum atomic E-state index is -0.548. The van der Waals surface area contributed by atoms with Crippen LogP contribution in [0.3, 0.4) is 0 Å². The molecule has 142 valence electrons. The molecule has 0 aliphatic heterocycles. The summed E-state index contributed by atoms with van der Waals surface area (Å²) in [5, 5.41) is 9.57. The SMILES string of the molecule is O=C(Nc1ccccc1Br)c1c(-c2ccccc2)c(-c2ccccc2)n[nH]c1=O. The predicted octanol–water partition coefficient (Wildman–Crippen LogP) is 5.12. The first-order valence-corrected chi connectivity index (χ1v) is 9.74. The summed E-state index contributed by atoms with van der Waals surface area (Å²) in [4.78, 5) is 25.9. The zero-order chi connectivity index (χ0) is 20.2. The van der Waals surface area contributed by atoms with Crippen LogP contribution in [0.2, 0.25) is 0 Å². The van der Waals surface area contributed by atoms with Crippen LogP contribution < -0.4 is 10.9 Å². The van der Waals surface area contributed by atoms with Crippen LogP contribution in [0.5, 0.6) is 0 Å². The Bertz CT molecular complexity index is 1220. The lowest BCUT2D eigenvalue weighted by Crippen LogP contribution is -2.26. The molecule has 0 bridgehead atoms. The summed E-state index contributed by atoms with van der Waals surface area (Å²) in [7, 11) is 0. The van der Waals surface area contributed by atoms with Crippen molar-refractivity contribution < 1.29 is 4.79 Å². The van der Waals surface area contributed by atoms with Gasteiger partial charge in [-0.05, 0) is 33.6 Å². The maximum Gasteiger partial charge on any atom is 0.277 e. The summed E-state index contributed by atoms with van der Waals surface area (Å²) in [5.74, 6) is -0.503. The quantitative estimate of drug-likeness (QED) is 0.457. The molecular formula is C23H16BrN3O2. The summed E-state index contributed by atoms with van der Waals surface area (Å²) < 4.78 is 0.725. The molecule has 2 N–H and O–H groups in total. The highest BCUT2D eigenvalue weighted by atomic mass is 79.9. The number of carbonyl (C=O) groups excluding carboxylic acids is 1. The van der Waals surface area contributed by atoms with Crippen LogP contribution >= 0.6 is 15.9 Å². The molecule has 1 heterocycles. The van der Waals surface area contributed by atoms with Gasteiger partial charge in [0.15, 0.2) is 0 Å². The normalized spacial score (nSPS) is 10.5. The summed E-state index contributed by atoms with van der Waals surface area (Å²) >= 11 is 3.42. The number of aromatic nitrogens is 2. The van der Waals surface area contributed by atoms with Crippen LogP contribution in [0.1, 0.15) is 10.4 Å². The third-order valence-corrected chi connectivity index (χ3v) is 5.13. The lowest BCUT2D eigenvalue weighted by atomic mass is 9.95. The van der Waals surface area contributed by atoms with Crippen molar-refractivity contribution >= 4 is 27.5 Å². The largest absolute Gasteiger partial charge is 0.321 e. The van der Waals surface area contributed by atoms with E-state index < -0.39 is 11.5 Å². The van der Waals surface area contributed by atoms with Gasteiger partial charge in [-0.1, -0.05) is 72.8 Å². The van der Waals surface area contributed by atoms with Gasteiger partial charge in [0, 0.05) is 15.6 Å². The molecule has 0 radical (unpaired) electrons. The first-order valence-electron chi connectivity index (χ1n) is 8.94. The molecular weight excluding hydrogens is 430 g/mol. The summed E-state index contributed by atoms with van der Waals surface area (Å²) in [5.41, 5.74) is 2.61. The summed E-state index contributed by atoms with van der Waals surface area (Å²) in [6.45, 7) is 0. The van der Waals surface area contributed by atoms with Crippen LogP contribution in [-0.2, 0) is 0 Å². The monoisotopic (exact) mass is 445 g/mol. The van der Waals surface area contributed by atoms with Crippen LogP contribution in [0.15, 0.2) is 94.2 Å². The molecule has 6 heteroatoms. The van der Waals surface area contributed by atoms with Crippen LogP contribution in [0.4, 0.5) is 5.69 Å². The van der Waals surface area contributed by atoms with Crippen molar-refractivity contribution in [3.8, 4) is 22.4 Å². The number of H-pyrrole nitrogens is 1. The first kappa shape index (κ1) is 18.8. The number of benzene rings is 3. The zero-order valence-corrected chi connectivity index (χ0v) is 16.8. The number of amides is 1. The molecule has 3 aromatic carbocycles. The smallest absolute Gasteiger partial charge is 0.277 e. The Balaban J connectivity index is 1.92. The fourth-order valence-corrected chi connectivity index (χ4v) is 3.49. The van der Waals surface area contributed by atoms with E-state index in [4.69, 9.17) is 0 Å². The highest BCUT2D eigenvalue weighted by Gasteiger charge is 2.23. The van der Waals surface area contributed by atoms with Gasteiger partial charge in [-0.2, -0.15) is 5.10 Å². The molecule has 0 fully saturated rings. The maximum atomic E-state index is 13.2. The Morgan fingerprint density at radius 2 is 1.41 bits per heavy atom. The van der Waals surface area contributed by atoms with Gasteiger partial charge in [0.05, 0.1) is 11.4 Å². The van der Waals surface area contributed by atoms with Crippen molar-refractivity contribution in [2.45, 2.75) is 0 Å². The average molecular weight is 446 g/mol. The fourth-order valence-electron chi connectivity index (χ4n) is 3.11. The topological polar surface area (TPSA) is 74.8 Å². The second-order valence-electron chi connectivity index (χ2n) is 6.32. The number of rotatable bonds is 4. The Kier molecular flexibility index (Phi) is 5.35. The van der Waals surface area contributed by atoms with Crippen LogP contribution in [-0.4, -0.2) is 16.1 Å². The number of hydrogen-bond donors (Lipinski definition) is 2. The molecule has 0 atom stereocenters. The van der Waals surface area contributed by atoms with Gasteiger partial charge in [0.2, 0.25) is 0 Å². The van der Waals surface area contributed by atoms with Gasteiger partial charge in [0.25, 0.3) is 11.5 Å². The van der Waals surface area contributed by atoms with Gasteiger partial charge in [0.1, 0.15) is 5.56 Å². The van der Waals surface area contributed by atoms with Gasteiger partial charge in [-0.25, -0.2) is 5.10 Å². The number of para-hydroxylation sites is 1. The van der Waals surface area contributed by atoms with Crippen LogP contribution in [0, 0.1) is 0 Å². The Hall–Kier alpha value is -3.51. The van der Waals surface area contributed by atoms with Crippen LogP contribution in [0.25, 0.3) is 22.4 Å². The summed E-state index contributed by atoms with van der Waals surface area (Å²) in [6.07, 6.45) is 0. The number of carbonyl (C=O) groups is 1. The van der Waals surface area contributed by atoms with Crippen molar-refractivity contribution in [2.75, 3.05) is 5.32 Å². The maximum absolute atomic E-state index is 13.2. The van der Waals surface area contributed by atoms with E-state index in [1.54, 1.807) is 6.07 Å². The van der Waals surface area contributed by atoms with E-state index in [2.05, 4.69) is 31.4 Å². The predicted molar refractivity (Wildman–Crippen MR) is 118 cm³/mol. The third-order valence-electron chi connectivity index (χ3n) is 4.44. The Morgan fingerprint density at radius 3 is 2.07 bits per heavy atom. The van der Waals surface area contributed by atoms with Crippen molar-refractivity contribution in [3.05, 3.63) is 105 Å². The van der Waals surface area contributed by atoms with Gasteiger partial charge >= 0.3 is 0 Å². The lowest BCUT2D eigenvalue weighted by Gasteiger charge is -2.14. The molecule has 29 heavy (non-hydrogen) atoms. The minimum Gasteiger partial charge on any atom is -0.321 e. The number of aromatic amines is 1. The first-order chi connectivity index (χ1) is 14.1. The summed E-state index contributed by atoms with van der Waals surface area (Å²) in [6, 6.07) is 26.0. The van der Waals surface area contributed by atoms with E-state index in [1.807, 2.05) is 78.9 Å². The molecule has 4 rings (SSSR count). The molecule has 4 aromatic rings. The molecule has 5 nitrogen and oxygen atoms in total. The Labute approximate surface area is 175 Å². The zero-order valence-electron chi connectivity index (χ0n) is 15.2. The van der Waals surface area contributed by atoms with E-state index in [1.165, 1.54) is 0 Å². The second kappa shape index (κ2) is 8.24. The molecule has 1 amide bonds. The van der Waals surface area contributed by atoms with Gasteiger partial charge < -0.3 is 5.32 Å². The number of nitrogens with one attached hydrogen (secondary N) is 2. The highest BCUT2D eigenvalue weighted by molar-refractivity contribution is 9.10. The molecule has 0 aliphatic carbocycles. The van der Waals surface area contributed by atoms with E-state index in [-0.39, 0.29) is 5.56 Å². The standard InChI is InChI=1S/C23H16BrN3O2/c24-17-13-7-8-14-18(17)25-22(28)20-19(15-9-3-1-4-10-15)21(26-27-23(20)29)16-11-5-2-6-12-16/h1-14H,(H,25,28)(H,27,29). The fraction of sp³-hybridized carbons (Fsp3) is 0. The number of nitrogens with zero attached hydrogens (tertiary/aromatic N) is 1. The lowest BCUT2D eigenvalue weighted by molar-refractivity contribution is 0.102.